The van der Waals surface area contributed by atoms with Crippen LogP contribution in [-0.2, 0) is 0 Å². The van der Waals surface area contributed by atoms with Gasteiger partial charge in [0.2, 0.25) is 0 Å². The monoisotopic (exact) mass is 176 g/mol. The molecule has 0 aliphatic rings. The number of halogens is 1. The van der Waals surface area contributed by atoms with Crippen molar-refractivity contribution in [3.63, 3.8) is 0 Å². The Morgan fingerprint density at radius 3 is 2.88 bits per heavy atom. The highest BCUT2D eigenvalue weighted by Crippen LogP contribution is 1.83. The number of allylic oxidation sites excluding steroid dienone is 1. The molecule has 0 aliphatic heterocycles. The molecule has 0 spiro atoms. The van der Waals surface area contributed by atoms with Gasteiger partial charge < -0.3 is 5.32 Å². The summed E-state index contributed by atoms with van der Waals surface area (Å²) in [7, 11) is 0. The second-order valence-electron chi connectivity index (χ2n) is 1.24. The van der Waals surface area contributed by atoms with Gasteiger partial charge in [0.05, 0.1) is 4.62 Å². The van der Waals surface area contributed by atoms with Gasteiger partial charge in [0.25, 0.3) is 0 Å². The van der Waals surface area contributed by atoms with Crippen LogP contribution in [0.25, 0.3) is 0 Å². The molecule has 0 fully saturated rings. The Hall–Kier alpha value is -0.310. The van der Waals surface area contributed by atoms with E-state index in [9.17, 15) is 0 Å². The highest BCUT2D eigenvalue weighted by Gasteiger charge is 1.74. The third kappa shape index (κ3) is 5.69. The van der Waals surface area contributed by atoms with Gasteiger partial charge >= 0.3 is 0 Å². The Labute approximate surface area is 57.6 Å². The first-order chi connectivity index (χ1) is 3.77. The molecule has 0 heterocycles. The average Bonchev–Trinajstić information content (AvgIpc) is 1.66. The molecule has 0 radical (unpaired) electrons. The fraction of sp³-hybridized carbons (Fsp3) is 0.400. The molecule has 0 aromatic carbocycles. The van der Waals surface area contributed by atoms with E-state index in [1.54, 1.807) is 12.3 Å². The van der Waals surface area contributed by atoms with Gasteiger partial charge in [-0.2, -0.15) is 0 Å². The predicted molar refractivity (Wildman–Crippen MR) is 39.5 cm³/mol. The van der Waals surface area contributed by atoms with Crippen LogP contribution in [0.3, 0.4) is 0 Å². The number of rotatable bonds is 3. The molecule has 46 valence electrons. The summed E-state index contributed by atoms with van der Waals surface area (Å²) >= 11 is 2.96. The Morgan fingerprint density at radius 1 is 1.88 bits per heavy atom. The van der Waals surface area contributed by atoms with Crippen LogP contribution in [0.15, 0.2) is 12.3 Å². The van der Waals surface area contributed by atoms with Crippen molar-refractivity contribution < 1.29 is 0 Å². The van der Waals surface area contributed by atoms with Crippen molar-refractivity contribution in [3.05, 3.63) is 12.3 Å². The van der Waals surface area contributed by atoms with Gasteiger partial charge in [-0.25, -0.2) is 0 Å². The quantitative estimate of drug-likeness (QED) is 0.629. The first-order valence-electron chi connectivity index (χ1n) is 2.41. The van der Waals surface area contributed by atoms with E-state index in [2.05, 4.69) is 21.2 Å². The van der Waals surface area contributed by atoms with E-state index in [-0.39, 0.29) is 0 Å². The molecule has 0 aliphatic carbocycles. The SMILES string of the molecule is CCN/C=C\C(=N)Br. The summed E-state index contributed by atoms with van der Waals surface area (Å²) < 4.78 is 0.387. The fourth-order valence-electron chi connectivity index (χ4n) is 0.250. The lowest BCUT2D eigenvalue weighted by Crippen LogP contribution is -2.01. The smallest absolute Gasteiger partial charge is 0.0981 e. The Balaban J connectivity index is 3.20. The summed E-state index contributed by atoms with van der Waals surface area (Å²) in [5.74, 6) is 0. The second-order valence-corrected chi connectivity index (χ2v) is 2.09. The summed E-state index contributed by atoms with van der Waals surface area (Å²) in [6, 6.07) is 0. The maximum absolute atomic E-state index is 6.86. The lowest BCUT2D eigenvalue weighted by molar-refractivity contribution is 0.920. The summed E-state index contributed by atoms with van der Waals surface area (Å²) in [6.45, 7) is 2.90. The van der Waals surface area contributed by atoms with E-state index >= 15 is 0 Å². The lowest BCUT2D eigenvalue weighted by atomic mass is 10.6. The molecule has 0 aromatic rings. The van der Waals surface area contributed by atoms with Crippen molar-refractivity contribution in [2.24, 2.45) is 0 Å². The van der Waals surface area contributed by atoms with Crippen molar-refractivity contribution in [1.29, 1.82) is 5.41 Å². The maximum atomic E-state index is 6.86. The van der Waals surface area contributed by atoms with Gasteiger partial charge in [-0.3, -0.25) is 5.41 Å². The van der Waals surface area contributed by atoms with Crippen molar-refractivity contribution in [3.8, 4) is 0 Å². The molecule has 0 unspecified atom stereocenters. The third-order valence-electron chi connectivity index (χ3n) is 0.552. The van der Waals surface area contributed by atoms with E-state index in [1.807, 2.05) is 6.92 Å². The van der Waals surface area contributed by atoms with E-state index in [0.29, 0.717) is 4.62 Å². The van der Waals surface area contributed by atoms with Gasteiger partial charge in [-0.05, 0) is 35.1 Å². The molecular weight excluding hydrogens is 168 g/mol. The van der Waals surface area contributed by atoms with Crippen LogP contribution in [0, 0.1) is 5.41 Å². The zero-order chi connectivity index (χ0) is 6.41. The Kier molecular flexibility index (Phi) is 4.65. The first-order valence-corrected chi connectivity index (χ1v) is 3.20. The number of hydrogen-bond acceptors (Lipinski definition) is 2. The summed E-state index contributed by atoms with van der Waals surface area (Å²) in [6.07, 6.45) is 3.38. The molecule has 0 aromatic heterocycles. The number of nitrogens with one attached hydrogen (secondary N) is 2. The minimum atomic E-state index is 0.387. The van der Waals surface area contributed by atoms with Crippen LogP contribution in [-0.4, -0.2) is 11.2 Å². The normalized spacial score (nSPS) is 9.75. The Bertz CT molecular complexity index is 98.6. The van der Waals surface area contributed by atoms with Crippen molar-refractivity contribution in [2.75, 3.05) is 6.54 Å². The average molecular weight is 177 g/mol. The third-order valence-corrected chi connectivity index (χ3v) is 0.816. The zero-order valence-corrected chi connectivity index (χ0v) is 6.33. The molecule has 0 bridgehead atoms. The standard InChI is InChI=1S/C5H9BrN2/c1-2-8-4-3-5(6)7/h3-4,7-8H,2H2,1H3/b4-3-,7-5?. The molecule has 8 heavy (non-hydrogen) atoms. The van der Waals surface area contributed by atoms with E-state index in [0.717, 1.165) is 6.54 Å². The van der Waals surface area contributed by atoms with Gasteiger partial charge in [0.15, 0.2) is 0 Å². The minimum absolute atomic E-state index is 0.387. The van der Waals surface area contributed by atoms with Crippen LogP contribution in [0.2, 0.25) is 0 Å². The maximum Gasteiger partial charge on any atom is 0.0981 e. The largest absolute Gasteiger partial charge is 0.391 e. The first kappa shape index (κ1) is 7.69. The molecule has 0 amide bonds. The predicted octanol–water partition coefficient (Wildman–Crippen LogP) is 1.48. The van der Waals surface area contributed by atoms with E-state index in [1.165, 1.54) is 0 Å². The minimum Gasteiger partial charge on any atom is -0.391 e. The van der Waals surface area contributed by atoms with E-state index in [4.69, 9.17) is 5.41 Å². The Morgan fingerprint density at radius 2 is 2.50 bits per heavy atom. The summed E-state index contributed by atoms with van der Waals surface area (Å²) in [4.78, 5) is 0. The van der Waals surface area contributed by atoms with Gasteiger partial charge in [0.1, 0.15) is 0 Å². The molecular formula is C5H9BrN2. The number of hydrogen-bond donors (Lipinski definition) is 2. The van der Waals surface area contributed by atoms with Crippen LogP contribution < -0.4 is 5.32 Å². The second kappa shape index (κ2) is 4.84. The van der Waals surface area contributed by atoms with E-state index < -0.39 is 0 Å². The molecule has 0 saturated carbocycles. The van der Waals surface area contributed by atoms with Crippen LogP contribution in [0.1, 0.15) is 6.92 Å². The molecule has 3 heteroatoms. The van der Waals surface area contributed by atoms with Crippen molar-refractivity contribution >= 4 is 20.6 Å². The van der Waals surface area contributed by atoms with Crippen molar-refractivity contribution in [1.82, 2.24) is 5.32 Å². The van der Waals surface area contributed by atoms with Crippen LogP contribution in [0.5, 0.6) is 0 Å². The highest BCUT2D eigenvalue weighted by molar-refractivity contribution is 9.18. The van der Waals surface area contributed by atoms with Crippen molar-refractivity contribution in [2.45, 2.75) is 6.92 Å². The molecule has 0 saturated heterocycles. The lowest BCUT2D eigenvalue weighted by Gasteiger charge is -1.87. The van der Waals surface area contributed by atoms with Crippen LogP contribution in [0.4, 0.5) is 0 Å². The summed E-state index contributed by atoms with van der Waals surface area (Å²) in [5, 5.41) is 9.79. The van der Waals surface area contributed by atoms with Gasteiger partial charge in [0, 0.05) is 6.54 Å². The molecule has 2 N–H and O–H groups in total. The van der Waals surface area contributed by atoms with Gasteiger partial charge in [-0.1, -0.05) is 0 Å². The molecule has 0 rings (SSSR count). The van der Waals surface area contributed by atoms with Crippen LogP contribution >= 0.6 is 15.9 Å². The molecule has 0 atom stereocenters. The topological polar surface area (TPSA) is 35.9 Å². The molecule has 2 nitrogen and oxygen atoms in total. The summed E-state index contributed by atoms with van der Waals surface area (Å²) in [5.41, 5.74) is 0. The van der Waals surface area contributed by atoms with Gasteiger partial charge in [-0.15, -0.1) is 0 Å². The zero-order valence-electron chi connectivity index (χ0n) is 4.74. The fourth-order valence-corrected chi connectivity index (χ4v) is 0.382. The highest BCUT2D eigenvalue weighted by atomic mass is 79.9.